The molecule has 0 bridgehead atoms. The van der Waals surface area contributed by atoms with E-state index in [1.807, 2.05) is 50.2 Å². The number of hydrogen-bond acceptors (Lipinski definition) is 5. The van der Waals surface area contributed by atoms with Gasteiger partial charge in [0.15, 0.2) is 0 Å². The zero-order chi connectivity index (χ0) is 24.1. The van der Waals surface area contributed by atoms with Crippen molar-refractivity contribution >= 4 is 15.9 Å². The fourth-order valence-electron chi connectivity index (χ4n) is 4.24. The number of likely N-dealkylation sites (tertiary alicyclic amines) is 1. The summed E-state index contributed by atoms with van der Waals surface area (Å²) in [5, 5.41) is 0. The Labute approximate surface area is 201 Å². The molecule has 0 saturated carbocycles. The van der Waals surface area contributed by atoms with Gasteiger partial charge in [-0.3, -0.25) is 9.69 Å². The van der Waals surface area contributed by atoms with Gasteiger partial charge in [-0.05, 0) is 75.2 Å². The van der Waals surface area contributed by atoms with Crippen LogP contribution in [-0.4, -0.2) is 38.9 Å². The van der Waals surface area contributed by atoms with E-state index in [0.717, 1.165) is 36.3 Å². The largest absolute Gasteiger partial charge is 0.493 e. The van der Waals surface area contributed by atoms with Gasteiger partial charge in [0, 0.05) is 12.1 Å². The van der Waals surface area contributed by atoms with Crippen molar-refractivity contribution in [3.8, 4) is 16.9 Å². The highest BCUT2D eigenvalue weighted by Crippen LogP contribution is 2.30. The predicted octanol–water partition coefficient (Wildman–Crippen LogP) is 4.78. The monoisotopic (exact) mass is 478 g/mol. The smallest absolute Gasteiger partial charge is 0.268 e. The molecule has 1 N–H and O–H groups in total. The Morgan fingerprint density at radius 3 is 2.41 bits per heavy atom. The molecule has 7 heteroatoms. The highest BCUT2D eigenvalue weighted by atomic mass is 32.2. The summed E-state index contributed by atoms with van der Waals surface area (Å²) < 4.78 is 34.6. The number of para-hydroxylation sites is 1. The van der Waals surface area contributed by atoms with Crippen LogP contribution >= 0.6 is 0 Å². The van der Waals surface area contributed by atoms with Gasteiger partial charge in [-0.2, -0.15) is 0 Å². The van der Waals surface area contributed by atoms with E-state index in [1.54, 1.807) is 30.3 Å². The van der Waals surface area contributed by atoms with E-state index in [2.05, 4.69) is 9.62 Å². The standard InChI is InChI=1S/C27H30N2O4S/c1-3-33-25-9-5-4-8-23(25)27(30)28-34(31,32)26-15-12-21(19-29-16-6-7-17-29)18-24(26)22-13-10-20(2)11-14-22/h4-5,8-15,18H,3,6-7,16-17,19H2,1-2H3,(H,28,30). The van der Waals surface area contributed by atoms with E-state index in [-0.39, 0.29) is 10.5 Å². The number of rotatable bonds is 8. The molecule has 0 unspecified atom stereocenters. The number of aryl methyl sites for hydroxylation is 1. The molecule has 1 saturated heterocycles. The lowest BCUT2D eigenvalue weighted by atomic mass is 10.0. The first-order valence-electron chi connectivity index (χ1n) is 11.6. The lowest BCUT2D eigenvalue weighted by Gasteiger charge is -2.18. The second-order valence-electron chi connectivity index (χ2n) is 8.54. The average molecular weight is 479 g/mol. The molecule has 0 spiro atoms. The van der Waals surface area contributed by atoms with Gasteiger partial charge < -0.3 is 4.74 Å². The Morgan fingerprint density at radius 2 is 1.71 bits per heavy atom. The summed E-state index contributed by atoms with van der Waals surface area (Å²) in [5.41, 5.74) is 3.67. The first-order valence-corrected chi connectivity index (χ1v) is 13.1. The molecule has 0 radical (unpaired) electrons. The molecule has 0 atom stereocenters. The number of benzene rings is 3. The first kappa shape index (κ1) is 24.0. The molecule has 6 nitrogen and oxygen atoms in total. The van der Waals surface area contributed by atoms with Gasteiger partial charge in [-0.15, -0.1) is 0 Å². The van der Waals surface area contributed by atoms with E-state index >= 15 is 0 Å². The number of nitrogens with one attached hydrogen (secondary N) is 1. The molecule has 0 aromatic heterocycles. The molecule has 3 aromatic rings. The Bertz CT molecular complexity index is 1260. The van der Waals surface area contributed by atoms with Gasteiger partial charge in [0.2, 0.25) is 0 Å². The van der Waals surface area contributed by atoms with Gasteiger partial charge in [0.25, 0.3) is 15.9 Å². The Balaban J connectivity index is 1.70. The molecule has 1 aliphatic heterocycles. The van der Waals surface area contributed by atoms with E-state index in [0.29, 0.717) is 17.9 Å². The summed E-state index contributed by atoms with van der Waals surface area (Å²) in [4.78, 5) is 15.4. The van der Waals surface area contributed by atoms with Crippen molar-refractivity contribution in [2.45, 2.75) is 38.1 Å². The van der Waals surface area contributed by atoms with Crippen molar-refractivity contribution in [1.29, 1.82) is 0 Å². The van der Waals surface area contributed by atoms with Crippen molar-refractivity contribution in [1.82, 2.24) is 9.62 Å². The number of carbonyl (C=O) groups excluding carboxylic acids is 1. The summed E-state index contributed by atoms with van der Waals surface area (Å²) >= 11 is 0. The molecular weight excluding hydrogens is 448 g/mol. The third kappa shape index (κ3) is 5.48. The third-order valence-corrected chi connectivity index (χ3v) is 7.35. The van der Waals surface area contributed by atoms with Crippen LogP contribution in [0.3, 0.4) is 0 Å². The van der Waals surface area contributed by atoms with Crippen molar-refractivity contribution < 1.29 is 17.9 Å². The number of nitrogens with zero attached hydrogens (tertiary/aromatic N) is 1. The summed E-state index contributed by atoms with van der Waals surface area (Å²) in [6.07, 6.45) is 2.37. The minimum absolute atomic E-state index is 0.0729. The first-order chi connectivity index (χ1) is 16.4. The summed E-state index contributed by atoms with van der Waals surface area (Å²) in [6, 6.07) is 19.7. The Morgan fingerprint density at radius 1 is 1.00 bits per heavy atom. The second-order valence-corrected chi connectivity index (χ2v) is 10.2. The van der Waals surface area contributed by atoms with Gasteiger partial charge in [-0.25, -0.2) is 13.1 Å². The van der Waals surface area contributed by atoms with Gasteiger partial charge >= 0.3 is 0 Å². The molecule has 1 heterocycles. The summed E-state index contributed by atoms with van der Waals surface area (Å²) in [7, 11) is -4.14. The topological polar surface area (TPSA) is 75.7 Å². The summed E-state index contributed by atoms with van der Waals surface area (Å²) in [6.45, 7) is 7.04. The van der Waals surface area contributed by atoms with Crippen molar-refractivity contribution in [3.05, 3.63) is 83.4 Å². The molecule has 4 rings (SSSR count). The molecule has 1 aliphatic rings. The van der Waals surface area contributed by atoms with Crippen LogP contribution in [0.25, 0.3) is 11.1 Å². The number of amides is 1. The van der Waals surface area contributed by atoms with Crippen LogP contribution in [-0.2, 0) is 16.6 Å². The number of carbonyl (C=O) groups is 1. The normalized spacial score (nSPS) is 14.2. The van der Waals surface area contributed by atoms with Crippen molar-refractivity contribution in [2.75, 3.05) is 19.7 Å². The van der Waals surface area contributed by atoms with E-state index in [9.17, 15) is 13.2 Å². The van der Waals surface area contributed by atoms with Gasteiger partial charge in [0.1, 0.15) is 5.75 Å². The quantitative estimate of drug-likeness (QED) is 0.505. The van der Waals surface area contributed by atoms with Crippen molar-refractivity contribution in [3.63, 3.8) is 0 Å². The molecule has 0 aliphatic carbocycles. The number of sulfonamides is 1. The lowest BCUT2D eigenvalue weighted by Crippen LogP contribution is -2.31. The Hall–Kier alpha value is -3.16. The lowest BCUT2D eigenvalue weighted by molar-refractivity contribution is 0.0977. The number of hydrogen-bond donors (Lipinski definition) is 1. The van der Waals surface area contributed by atoms with Crippen LogP contribution in [0.1, 0.15) is 41.3 Å². The average Bonchev–Trinajstić information content (AvgIpc) is 3.33. The van der Waals surface area contributed by atoms with Gasteiger partial charge in [-0.1, -0.05) is 48.0 Å². The van der Waals surface area contributed by atoms with Crippen LogP contribution in [0.5, 0.6) is 5.75 Å². The molecular formula is C27H30N2O4S. The van der Waals surface area contributed by atoms with Crippen LogP contribution in [0, 0.1) is 6.92 Å². The minimum atomic E-state index is -4.14. The van der Waals surface area contributed by atoms with Crippen molar-refractivity contribution in [2.24, 2.45) is 0 Å². The van der Waals surface area contributed by atoms with Crippen LogP contribution in [0.2, 0.25) is 0 Å². The van der Waals surface area contributed by atoms with Crippen LogP contribution < -0.4 is 9.46 Å². The predicted molar refractivity (Wildman–Crippen MR) is 133 cm³/mol. The fourth-order valence-corrected chi connectivity index (χ4v) is 5.41. The molecule has 1 fully saturated rings. The summed E-state index contributed by atoms with van der Waals surface area (Å²) in [5.74, 6) is -0.377. The fraction of sp³-hybridized carbons (Fsp3) is 0.296. The molecule has 1 amide bonds. The second kappa shape index (κ2) is 10.4. The van der Waals surface area contributed by atoms with Crippen LogP contribution in [0.15, 0.2) is 71.6 Å². The maximum Gasteiger partial charge on any atom is 0.268 e. The third-order valence-electron chi connectivity index (χ3n) is 5.96. The zero-order valence-corrected chi connectivity index (χ0v) is 20.4. The zero-order valence-electron chi connectivity index (χ0n) is 19.6. The Kier molecular flexibility index (Phi) is 7.34. The van der Waals surface area contributed by atoms with Gasteiger partial charge in [0.05, 0.1) is 17.1 Å². The van der Waals surface area contributed by atoms with E-state index < -0.39 is 15.9 Å². The van der Waals surface area contributed by atoms with E-state index in [4.69, 9.17) is 4.74 Å². The molecule has 3 aromatic carbocycles. The maximum atomic E-state index is 13.4. The molecule has 34 heavy (non-hydrogen) atoms. The van der Waals surface area contributed by atoms with Crippen LogP contribution in [0.4, 0.5) is 0 Å². The maximum absolute atomic E-state index is 13.4. The SMILES string of the molecule is CCOc1ccccc1C(=O)NS(=O)(=O)c1ccc(CN2CCCC2)cc1-c1ccc(C)cc1. The minimum Gasteiger partial charge on any atom is -0.493 e. The highest BCUT2D eigenvalue weighted by Gasteiger charge is 2.25. The van der Waals surface area contributed by atoms with E-state index in [1.165, 1.54) is 12.8 Å². The number of ether oxygens (including phenoxy) is 1. The highest BCUT2D eigenvalue weighted by molar-refractivity contribution is 7.90. The molecule has 178 valence electrons.